The molecule has 0 rings (SSSR count). The number of hydrogen-bond donors (Lipinski definition) is 1. The minimum Gasteiger partial charge on any atom is -0.481 e. The average Bonchev–Trinajstić information content (AvgIpc) is 2.17. The van der Waals surface area contributed by atoms with E-state index in [0.29, 0.717) is 18.9 Å². The largest absolute Gasteiger partial charge is 0.481 e. The third-order valence-corrected chi connectivity index (χ3v) is 1.99. The number of carbonyl (C=O) groups excluding carboxylic acids is 1. The Morgan fingerprint density at radius 3 is 2.18 bits per heavy atom. The molecule has 0 aliphatic rings. The summed E-state index contributed by atoms with van der Waals surface area (Å²) >= 11 is 0. The van der Waals surface area contributed by atoms with Gasteiger partial charge in [-0.15, -0.1) is 0 Å². The molecule has 0 radical (unpaired) electrons. The van der Waals surface area contributed by atoms with Gasteiger partial charge in [-0.05, 0) is 18.8 Å². The molecular formula is C13H26O4. The molecule has 0 amide bonds. The number of carboxylic acid groups (broad SMARTS) is 1. The topological polar surface area (TPSA) is 63.6 Å². The highest BCUT2D eigenvalue weighted by Gasteiger charge is 1.95. The lowest BCUT2D eigenvalue weighted by Gasteiger charge is -2.02. The molecule has 0 fully saturated rings. The van der Waals surface area contributed by atoms with Crippen molar-refractivity contribution in [3.63, 3.8) is 0 Å². The Bertz CT molecular complexity index is 200. The van der Waals surface area contributed by atoms with Crippen LogP contribution in [0.2, 0.25) is 0 Å². The van der Waals surface area contributed by atoms with E-state index in [9.17, 15) is 9.59 Å². The van der Waals surface area contributed by atoms with Gasteiger partial charge < -0.3 is 9.84 Å². The Kier molecular flexibility index (Phi) is 14.0. The van der Waals surface area contributed by atoms with Crippen LogP contribution in [-0.2, 0) is 14.3 Å². The fraction of sp³-hybridized carbons (Fsp3) is 0.846. The zero-order chi connectivity index (χ0) is 13.7. The van der Waals surface area contributed by atoms with Crippen LogP contribution < -0.4 is 0 Å². The monoisotopic (exact) mass is 246 g/mol. The molecule has 0 bridgehead atoms. The number of carboxylic acids is 1. The molecule has 0 aromatic rings. The van der Waals surface area contributed by atoms with Crippen molar-refractivity contribution in [3.8, 4) is 0 Å². The van der Waals surface area contributed by atoms with Crippen LogP contribution in [-0.4, -0.2) is 23.7 Å². The van der Waals surface area contributed by atoms with Crippen molar-refractivity contribution in [2.24, 2.45) is 5.92 Å². The minimum atomic E-state index is -0.682. The van der Waals surface area contributed by atoms with Crippen LogP contribution in [0, 0.1) is 5.92 Å². The zero-order valence-electron chi connectivity index (χ0n) is 11.5. The molecular weight excluding hydrogens is 220 g/mol. The summed E-state index contributed by atoms with van der Waals surface area (Å²) < 4.78 is 4.71. The summed E-state index contributed by atoms with van der Waals surface area (Å²) in [5.41, 5.74) is 0. The van der Waals surface area contributed by atoms with Crippen molar-refractivity contribution in [3.05, 3.63) is 0 Å². The molecule has 4 nitrogen and oxygen atoms in total. The maximum Gasteiger partial charge on any atom is 0.303 e. The van der Waals surface area contributed by atoms with E-state index in [2.05, 4.69) is 20.8 Å². The lowest BCUT2D eigenvalue weighted by molar-refractivity contribution is -0.141. The van der Waals surface area contributed by atoms with Gasteiger partial charge in [0.1, 0.15) is 0 Å². The van der Waals surface area contributed by atoms with Gasteiger partial charge >= 0.3 is 11.9 Å². The summed E-state index contributed by atoms with van der Waals surface area (Å²) in [7, 11) is 0. The standard InChI is InChI=1S/C7H14O2.C6H12O2/c1-6(2)4-5-9-7(3)8;1-2-3-4-5-6(7)8/h6H,4-5H2,1-3H3;2-5H2,1H3,(H,7,8). The van der Waals surface area contributed by atoms with Gasteiger partial charge in [-0.25, -0.2) is 0 Å². The van der Waals surface area contributed by atoms with Gasteiger partial charge in [0.2, 0.25) is 0 Å². The van der Waals surface area contributed by atoms with Crippen LogP contribution in [0.25, 0.3) is 0 Å². The molecule has 0 aromatic carbocycles. The van der Waals surface area contributed by atoms with Gasteiger partial charge in [-0.2, -0.15) is 0 Å². The molecule has 0 saturated heterocycles. The second-order valence-corrected chi connectivity index (χ2v) is 4.37. The maximum absolute atomic E-state index is 10.2. The van der Waals surface area contributed by atoms with Gasteiger partial charge in [-0.3, -0.25) is 9.59 Å². The Morgan fingerprint density at radius 1 is 1.24 bits per heavy atom. The van der Waals surface area contributed by atoms with Gasteiger partial charge in [0.25, 0.3) is 0 Å². The summed E-state index contributed by atoms with van der Waals surface area (Å²) in [4.78, 5) is 20.1. The van der Waals surface area contributed by atoms with Crippen molar-refractivity contribution in [2.45, 2.75) is 59.8 Å². The van der Waals surface area contributed by atoms with Crippen molar-refractivity contribution >= 4 is 11.9 Å². The van der Waals surface area contributed by atoms with Crippen LogP contribution in [0.5, 0.6) is 0 Å². The van der Waals surface area contributed by atoms with Gasteiger partial charge in [0, 0.05) is 13.3 Å². The Morgan fingerprint density at radius 2 is 1.82 bits per heavy atom. The Balaban J connectivity index is 0. The molecule has 17 heavy (non-hydrogen) atoms. The summed E-state index contributed by atoms with van der Waals surface area (Å²) in [5, 5.41) is 8.14. The fourth-order valence-corrected chi connectivity index (χ4v) is 0.965. The highest BCUT2D eigenvalue weighted by molar-refractivity contribution is 5.66. The summed E-state index contributed by atoms with van der Waals surface area (Å²) in [6.45, 7) is 8.25. The summed E-state index contributed by atoms with van der Waals surface area (Å²) in [5.74, 6) is -0.251. The first kappa shape index (κ1) is 18.3. The Labute approximate surface area is 104 Å². The molecule has 0 saturated carbocycles. The number of aliphatic carboxylic acids is 1. The molecule has 1 N–H and O–H groups in total. The molecule has 0 heterocycles. The molecule has 102 valence electrons. The highest BCUT2D eigenvalue weighted by Crippen LogP contribution is 1.98. The molecule has 0 aliphatic carbocycles. The Hall–Kier alpha value is -1.06. The lowest BCUT2D eigenvalue weighted by Crippen LogP contribution is -2.02. The van der Waals surface area contributed by atoms with E-state index in [0.717, 1.165) is 25.7 Å². The van der Waals surface area contributed by atoms with Crippen molar-refractivity contribution in [2.75, 3.05) is 6.61 Å². The smallest absolute Gasteiger partial charge is 0.303 e. The number of hydrogen-bond acceptors (Lipinski definition) is 3. The normalized spacial score (nSPS) is 9.47. The molecule has 0 aliphatic heterocycles. The van der Waals surface area contributed by atoms with Gasteiger partial charge in [0.05, 0.1) is 6.61 Å². The predicted octanol–water partition coefficient (Wildman–Crippen LogP) is 3.25. The van der Waals surface area contributed by atoms with E-state index < -0.39 is 5.97 Å². The van der Waals surface area contributed by atoms with E-state index in [1.54, 1.807) is 0 Å². The van der Waals surface area contributed by atoms with Gasteiger partial charge in [0.15, 0.2) is 0 Å². The molecule has 0 spiro atoms. The van der Waals surface area contributed by atoms with E-state index in [1.165, 1.54) is 6.92 Å². The third kappa shape index (κ3) is 25.3. The first-order valence-corrected chi connectivity index (χ1v) is 6.25. The van der Waals surface area contributed by atoms with E-state index in [1.807, 2.05) is 0 Å². The third-order valence-electron chi connectivity index (χ3n) is 1.99. The van der Waals surface area contributed by atoms with Gasteiger partial charge in [-0.1, -0.05) is 33.6 Å². The van der Waals surface area contributed by atoms with E-state index >= 15 is 0 Å². The van der Waals surface area contributed by atoms with Crippen LogP contribution in [0.1, 0.15) is 59.8 Å². The van der Waals surface area contributed by atoms with Crippen molar-refractivity contribution in [1.82, 2.24) is 0 Å². The van der Waals surface area contributed by atoms with Crippen LogP contribution in [0.15, 0.2) is 0 Å². The number of esters is 1. The first-order chi connectivity index (χ1) is 7.90. The zero-order valence-corrected chi connectivity index (χ0v) is 11.5. The number of rotatable bonds is 7. The van der Waals surface area contributed by atoms with Crippen molar-refractivity contribution < 1.29 is 19.4 Å². The number of carbonyl (C=O) groups is 2. The maximum atomic E-state index is 10.2. The SMILES string of the molecule is CC(=O)OCCC(C)C.CCCCCC(=O)O. The highest BCUT2D eigenvalue weighted by atomic mass is 16.5. The van der Waals surface area contributed by atoms with Crippen LogP contribution >= 0.6 is 0 Å². The molecule has 0 aromatic heterocycles. The fourth-order valence-electron chi connectivity index (χ4n) is 0.965. The average molecular weight is 246 g/mol. The second-order valence-electron chi connectivity index (χ2n) is 4.37. The van der Waals surface area contributed by atoms with Crippen molar-refractivity contribution in [1.29, 1.82) is 0 Å². The number of unbranched alkanes of at least 4 members (excludes halogenated alkanes) is 2. The lowest BCUT2D eigenvalue weighted by atomic mass is 10.1. The minimum absolute atomic E-state index is 0.185. The molecule has 0 atom stereocenters. The number of ether oxygens (including phenoxy) is 1. The molecule has 4 heteroatoms. The quantitative estimate of drug-likeness (QED) is 0.553. The molecule has 0 unspecified atom stereocenters. The predicted molar refractivity (Wildman–Crippen MR) is 67.9 cm³/mol. The summed E-state index contributed by atoms with van der Waals surface area (Å²) in [6, 6.07) is 0. The first-order valence-electron chi connectivity index (χ1n) is 6.25. The van der Waals surface area contributed by atoms with Crippen LogP contribution in [0.4, 0.5) is 0 Å². The van der Waals surface area contributed by atoms with E-state index in [-0.39, 0.29) is 5.97 Å². The summed E-state index contributed by atoms with van der Waals surface area (Å²) in [6.07, 6.45) is 4.23. The van der Waals surface area contributed by atoms with Crippen LogP contribution in [0.3, 0.4) is 0 Å². The second kappa shape index (κ2) is 13.0. The van der Waals surface area contributed by atoms with E-state index in [4.69, 9.17) is 9.84 Å².